The zero-order valence-electron chi connectivity index (χ0n) is 9.37. The molecule has 0 aliphatic rings. The van der Waals surface area contributed by atoms with E-state index in [0.717, 1.165) is 22.7 Å². The maximum atomic E-state index is 5.14. The lowest BCUT2D eigenvalue weighted by Gasteiger charge is -2.02. The lowest BCUT2D eigenvalue weighted by Crippen LogP contribution is -1.92. The highest BCUT2D eigenvalue weighted by Crippen LogP contribution is 2.22. The first-order valence-corrected chi connectivity index (χ1v) is 5.31. The summed E-state index contributed by atoms with van der Waals surface area (Å²) < 4.78 is 6.96. The van der Waals surface area contributed by atoms with E-state index in [4.69, 9.17) is 4.74 Å². The molecular formula is C13H11N3O. The zero-order chi connectivity index (χ0) is 11.7. The smallest absolute Gasteiger partial charge is 0.154 e. The molecular weight excluding hydrogens is 214 g/mol. The normalized spacial score (nSPS) is 10.6. The van der Waals surface area contributed by atoms with E-state index in [9.17, 15) is 0 Å². The Bertz CT molecular complexity index is 643. The number of ether oxygens (including phenoxy) is 1. The van der Waals surface area contributed by atoms with Crippen molar-refractivity contribution in [3.63, 3.8) is 0 Å². The molecule has 84 valence electrons. The Balaban J connectivity index is 2.13. The molecule has 0 saturated carbocycles. The van der Waals surface area contributed by atoms with E-state index in [2.05, 4.69) is 10.1 Å². The predicted octanol–water partition coefficient (Wildman–Crippen LogP) is 2.40. The molecule has 0 amide bonds. The fourth-order valence-electron chi connectivity index (χ4n) is 1.79. The molecule has 3 aromatic rings. The second-order valence-electron chi connectivity index (χ2n) is 3.67. The Kier molecular flexibility index (Phi) is 2.26. The van der Waals surface area contributed by atoms with E-state index < -0.39 is 0 Å². The van der Waals surface area contributed by atoms with Crippen LogP contribution in [0.3, 0.4) is 0 Å². The van der Waals surface area contributed by atoms with Gasteiger partial charge in [0.2, 0.25) is 0 Å². The van der Waals surface area contributed by atoms with Crippen LogP contribution in [0.5, 0.6) is 5.75 Å². The molecule has 0 saturated heterocycles. The molecule has 0 aliphatic heterocycles. The van der Waals surface area contributed by atoms with E-state index in [1.165, 1.54) is 0 Å². The monoisotopic (exact) mass is 225 g/mol. The van der Waals surface area contributed by atoms with Crippen molar-refractivity contribution in [3.05, 3.63) is 48.8 Å². The molecule has 17 heavy (non-hydrogen) atoms. The minimum absolute atomic E-state index is 0.843. The zero-order valence-corrected chi connectivity index (χ0v) is 9.37. The van der Waals surface area contributed by atoms with Crippen LogP contribution in [0, 0.1) is 0 Å². The molecule has 3 rings (SSSR count). The number of benzene rings is 1. The highest BCUT2D eigenvalue weighted by atomic mass is 16.5. The molecule has 0 atom stereocenters. The summed E-state index contributed by atoms with van der Waals surface area (Å²) in [6, 6.07) is 11.7. The van der Waals surface area contributed by atoms with Gasteiger partial charge in [-0.2, -0.15) is 5.10 Å². The number of aromatic nitrogens is 3. The van der Waals surface area contributed by atoms with Crippen molar-refractivity contribution in [2.24, 2.45) is 0 Å². The third-order valence-electron chi connectivity index (χ3n) is 2.66. The second-order valence-corrected chi connectivity index (χ2v) is 3.67. The van der Waals surface area contributed by atoms with E-state index in [-0.39, 0.29) is 0 Å². The summed E-state index contributed by atoms with van der Waals surface area (Å²) in [5.74, 6) is 0.843. The summed E-state index contributed by atoms with van der Waals surface area (Å²) in [6.07, 6.45) is 3.58. The standard InChI is InChI=1S/C13H11N3O/c1-17-11-6-4-10(5-7-11)12-9-14-13-3-2-8-15-16(12)13/h2-9H,1H3. The lowest BCUT2D eigenvalue weighted by molar-refractivity contribution is 0.415. The van der Waals surface area contributed by atoms with Crippen LogP contribution in [0.2, 0.25) is 0 Å². The van der Waals surface area contributed by atoms with Crippen LogP contribution in [-0.2, 0) is 0 Å². The highest BCUT2D eigenvalue weighted by molar-refractivity contribution is 5.63. The molecule has 2 heterocycles. The van der Waals surface area contributed by atoms with Gasteiger partial charge in [0.1, 0.15) is 5.75 Å². The van der Waals surface area contributed by atoms with Gasteiger partial charge in [-0.3, -0.25) is 0 Å². The molecule has 0 fully saturated rings. The number of rotatable bonds is 2. The molecule has 2 aromatic heterocycles. The van der Waals surface area contributed by atoms with E-state index >= 15 is 0 Å². The van der Waals surface area contributed by atoms with Crippen LogP contribution in [0.25, 0.3) is 16.9 Å². The lowest BCUT2D eigenvalue weighted by atomic mass is 10.1. The van der Waals surface area contributed by atoms with Gasteiger partial charge in [0, 0.05) is 11.8 Å². The third kappa shape index (κ3) is 1.63. The molecule has 0 aliphatic carbocycles. The summed E-state index contributed by atoms with van der Waals surface area (Å²) in [4.78, 5) is 4.31. The number of hydrogen-bond donors (Lipinski definition) is 0. The fourth-order valence-corrected chi connectivity index (χ4v) is 1.79. The molecule has 0 unspecified atom stereocenters. The van der Waals surface area contributed by atoms with Gasteiger partial charge >= 0.3 is 0 Å². The van der Waals surface area contributed by atoms with Crippen LogP contribution in [-0.4, -0.2) is 21.7 Å². The van der Waals surface area contributed by atoms with Gasteiger partial charge in [-0.25, -0.2) is 9.50 Å². The average molecular weight is 225 g/mol. The Morgan fingerprint density at radius 1 is 1.12 bits per heavy atom. The topological polar surface area (TPSA) is 39.4 Å². The maximum Gasteiger partial charge on any atom is 0.154 e. The van der Waals surface area contributed by atoms with Crippen LogP contribution < -0.4 is 4.74 Å². The summed E-state index contributed by atoms with van der Waals surface area (Å²) in [5, 5.41) is 4.28. The summed E-state index contributed by atoms with van der Waals surface area (Å²) >= 11 is 0. The number of nitrogens with zero attached hydrogens (tertiary/aromatic N) is 3. The molecule has 0 radical (unpaired) electrons. The molecule has 0 bridgehead atoms. The van der Waals surface area contributed by atoms with Crippen LogP contribution in [0.4, 0.5) is 0 Å². The molecule has 0 N–H and O–H groups in total. The van der Waals surface area contributed by atoms with E-state index in [1.54, 1.807) is 13.3 Å². The Hall–Kier alpha value is -2.36. The Labute approximate surface area is 98.5 Å². The number of fused-ring (bicyclic) bond motifs is 1. The summed E-state index contributed by atoms with van der Waals surface area (Å²) in [6.45, 7) is 0. The van der Waals surface area contributed by atoms with Crippen LogP contribution >= 0.6 is 0 Å². The van der Waals surface area contributed by atoms with E-state index in [1.807, 2.05) is 47.1 Å². The molecule has 4 nitrogen and oxygen atoms in total. The van der Waals surface area contributed by atoms with Crippen LogP contribution in [0.1, 0.15) is 0 Å². The summed E-state index contributed by atoms with van der Waals surface area (Å²) in [5.41, 5.74) is 2.89. The molecule has 0 spiro atoms. The van der Waals surface area contributed by atoms with Crippen molar-refractivity contribution in [3.8, 4) is 17.0 Å². The maximum absolute atomic E-state index is 5.14. The number of hydrogen-bond acceptors (Lipinski definition) is 3. The minimum atomic E-state index is 0.843. The molecule has 1 aromatic carbocycles. The minimum Gasteiger partial charge on any atom is -0.497 e. The highest BCUT2D eigenvalue weighted by Gasteiger charge is 2.05. The van der Waals surface area contributed by atoms with Gasteiger partial charge in [-0.1, -0.05) is 0 Å². The summed E-state index contributed by atoms with van der Waals surface area (Å²) in [7, 11) is 1.66. The van der Waals surface area contributed by atoms with Crippen molar-refractivity contribution in [1.82, 2.24) is 14.6 Å². The average Bonchev–Trinajstić information content (AvgIpc) is 2.83. The van der Waals surface area contributed by atoms with E-state index in [0.29, 0.717) is 0 Å². The van der Waals surface area contributed by atoms with Crippen molar-refractivity contribution in [2.45, 2.75) is 0 Å². The predicted molar refractivity (Wildman–Crippen MR) is 65.0 cm³/mol. The van der Waals surface area contributed by atoms with Gasteiger partial charge in [0.15, 0.2) is 5.65 Å². The Morgan fingerprint density at radius 3 is 2.71 bits per heavy atom. The largest absolute Gasteiger partial charge is 0.497 e. The second kappa shape index (κ2) is 3.90. The first-order chi connectivity index (χ1) is 8.38. The van der Waals surface area contributed by atoms with Gasteiger partial charge in [-0.05, 0) is 36.4 Å². The van der Waals surface area contributed by atoms with Crippen molar-refractivity contribution in [2.75, 3.05) is 7.11 Å². The first kappa shape index (κ1) is 9.84. The van der Waals surface area contributed by atoms with Gasteiger partial charge in [0.25, 0.3) is 0 Å². The third-order valence-corrected chi connectivity index (χ3v) is 2.66. The van der Waals surface area contributed by atoms with Crippen LogP contribution in [0.15, 0.2) is 48.8 Å². The van der Waals surface area contributed by atoms with Gasteiger partial charge in [0.05, 0.1) is 19.0 Å². The number of methoxy groups -OCH3 is 1. The molecule has 4 heteroatoms. The first-order valence-electron chi connectivity index (χ1n) is 5.31. The SMILES string of the molecule is COc1ccc(-c2cnc3cccnn23)cc1. The quantitative estimate of drug-likeness (QED) is 0.672. The Morgan fingerprint density at radius 2 is 1.94 bits per heavy atom. The van der Waals surface area contributed by atoms with Gasteiger partial charge < -0.3 is 4.74 Å². The van der Waals surface area contributed by atoms with Gasteiger partial charge in [-0.15, -0.1) is 0 Å². The van der Waals surface area contributed by atoms with Crippen molar-refractivity contribution < 1.29 is 4.74 Å². The number of imidazole rings is 1. The van der Waals surface area contributed by atoms with Crippen molar-refractivity contribution >= 4 is 5.65 Å². The van der Waals surface area contributed by atoms with Crippen molar-refractivity contribution in [1.29, 1.82) is 0 Å². The fraction of sp³-hybridized carbons (Fsp3) is 0.0769.